The Balaban J connectivity index is 1.17. The van der Waals surface area contributed by atoms with Crippen molar-refractivity contribution in [3.05, 3.63) is 182 Å². The standard InChI is InChI=1S/C50H30N4O/c1-3-15-32(16-4-1)44-45-38-22-9-11-24-41(38)51-47(40(45)30-43-46(44)39-23-10-12-25-42(39)55-43)35-20-13-21-36(29-35)49-52-48(33-17-5-2-6-18-33)53-50(54-49)37-27-26-31-14-7-8-19-34(31)28-37/h1-30H. The normalized spacial score (nSPS) is 11.6. The van der Waals surface area contributed by atoms with Gasteiger partial charge in [-0.1, -0.05) is 152 Å². The molecule has 256 valence electrons. The third-order valence-corrected chi connectivity index (χ3v) is 10.5. The molecule has 0 radical (unpaired) electrons. The number of benzene rings is 8. The predicted octanol–water partition coefficient (Wildman–Crippen LogP) is 13.0. The molecule has 0 saturated heterocycles. The van der Waals surface area contributed by atoms with E-state index in [-0.39, 0.29) is 0 Å². The molecule has 55 heavy (non-hydrogen) atoms. The molecule has 0 aliphatic carbocycles. The van der Waals surface area contributed by atoms with E-state index < -0.39 is 0 Å². The number of rotatable bonds is 5. The highest BCUT2D eigenvalue weighted by Crippen LogP contribution is 2.46. The molecule has 0 amide bonds. The molecule has 11 rings (SSSR count). The second-order valence-corrected chi connectivity index (χ2v) is 13.8. The summed E-state index contributed by atoms with van der Waals surface area (Å²) in [7, 11) is 0. The van der Waals surface area contributed by atoms with Crippen LogP contribution in [0.5, 0.6) is 0 Å². The smallest absolute Gasteiger partial charge is 0.164 e. The van der Waals surface area contributed by atoms with Crippen molar-refractivity contribution in [3.63, 3.8) is 0 Å². The molecular weight excluding hydrogens is 673 g/mol. The van der Waals surface area contributed by atoms with Gasteiger partial charge in [0.1, 0.15) is 11.2 Å². The van der Waals surface area contributed by atoms with E-state index in [4.69, 9.17) is 24.4 Å². The molecule has 5 nitrogen and oxygen atoms in total. The molecular formula is C50H30N4O. The highest BCUT2D eigenvalue weighted by atomic mass is 16.3. The molecule has 0 aliphatic heterocycles. The highest BCUT2D eigenvalue weighted by Gasteiger charge is 2.22. The molecule has 0 unspecified atom stereocenters. The Bertz CT molecular complexity index is 3260. The minimum atomic E-state index is 0.591. The van der Waals surface area contributed by atoms with Crippen molar-refractivity contribution in [2.75, 3.05) is 0 Å². The predicted molar refractivity (Wildman–Crippen MR) is 225 cm³/mol. The maximum Gasteiger partial charge on any atom is 0.164 e. The monoisotopic (exact) mass is 702 g/mol. The summed E-state index contributed by atoms with van der Waals surface area (Å²) in [6, 6.07) is 62.7. The van der Waals surface area contributed by atoms with E-state index in [1.54, 1.807) is 0 Å². The summed E-state index contributed by atoms with van der Waals surface area (Å²) in [4.78, 5) is 20.6. The van der Waals surface area contributed by atoms with Crippen LogP contribution in [-0.4, -0.2) is 19.9 Å². The Morgan fingerprint density at radius 1 is 0.327 bits per heavy atom. The fourth-order valence-electron chi connectivity index (χ4n) is 7.91. The van der Waals surface area contributed by atoms with Crippen molar-refractivity contribution in [1.82, 2.24) is 19.9 Å². The molecule has 0 bridgehead atoms. The molecule has 0 spiro atoms. The van der Waals surface area contributed by atoms with E-state index in [2.05, 4.69) is 140 Å². The number of furan rings is 1. The van der Waals surface area contributed by atoms with Gasteiger partial charge in [0, 0.05) is 54.7 Å². The fraction of sp³-hybridized carbons (Fsp3) is 0. The van der Waals surface area contributed by atoms with Crippen molar-refractivity contribution < 1.29 is 4.42 Å². The SMILES string of the molecule is c1ccc(-c2nc(-c3cccc(-c4nc5ccccc5c5c(-c6ccccc6)c6c(cc45)oc4ccccc46)c3)nc(-c3ccc4ccccc4c3)n2)cc1. The lowest BCUT2D eigenvalue weighted by Crippen LogP contribution is -2.00. The number of hydrogen-bond donors (Lipinski definition) is 0. The van der Waals surface area contributed by atoms with E-state index in [9.17, 15) is 0 Å². The van der Waals surface area contributed by atoms with Gasteiger partial charge in [-0.2, -0.15) is 0 Å². The van der Waals surface area contributed by atoms with Gasteiger partial charge in [0.15, 0.2) is 17.5 Å². The van der Waals surface area contributed by atoms with Crippen molar-refractivity contribution in [3.8, 4) is 56.5 Å². The Hall–Kier alpha value is -7.50. The Morgan fingerprint density at radius 2 is 0.927 bits per heavy atom. The molecule has 3 aromatic heterocycles. The van der Waals surface area contributed by atoms with Crippen LogP contribution in [0.3, 0.4) is 0 Å². The first-order valence-corrected chi connectivity index (χ1v) is 18.4. The lowest BCUT2D eigenvalue weighted by molar-refractivity contribution is 0.669. The highest BCUT2D eigenvalue weighted by molar-refractivity contribution is 6.27. The Kier molecular flexibility index (Phi) is 7.10. The van der Waals surface area contributed by atoms with Crippen LogP contribution in [0.2, 0.25) is 0 Å². The fourth-order valence-corrected chi connectivity index (χ4v) is 7.91. The van der Waals surface area contributed by atoms with Crippen LogP contribution in [0, 0.1) is 0 Å². The number of hydrogen-bond acceptors (Lipinski definition) is 5. The lowest BCUT2D eigenvalue weighted by Gasteiger charge is -2.16. The summed E-state index contributed by atoms with van der Waals surface area (Å²) in [6.45, 7) is 0. The second-order valence-electron chi connectivity index (χ2n) is 13.8. The Labute approximate surface area is 316 Å². The van der Waals surface area contributed by atoms with Gasteiger partial charge in [0.25, 0.3) is 0 Å². The summed E-state index contributed by atoms with van der Waals surface area (Å²) in [5.41, 5.74) is 9.42. The van der Waals surface area contributed by atoms with Gasteiger partial charge in [-0.05, 0) is 46.7 Å². The number of para-hydroxylation sites is 2. The average molecular weight is 703 g/mol. The van der Waals surface area contributed by atoms with Crippen molar-refractivity contribution in [2.24, 2.45) is 0 Å². The first-order valence-electron chi connectivity index (χ1n) is 18.4. The van der Waals surface area contributed by atoms with Crippen LogP contribution >= 0.6 is 0 Å². The molecule has 0 saturated carbocycles. The number of fused-ring (bicyclic) bond motifs is 7. The van der Waals surface area contributed by atoms with Gasteiger partial charge in [0.2, 0.25) is 0 Å². The van der Waals surface area contributed by atoms with Crippen molar-refractivity contribution in [1.29, 1.82) is 0 Å². The summed E-state index contributed by atoms with van der Waals surface area (Å²) in [6.07, 6.45) is 0. The summed E-state index contributed by atoms with van der Waals surface area (Å²) in [5.74, 6) is 1.83. The first-order chi connectivity index (χ1) is 27.2. The third-order valence-electron chi connectivity index (χ3n) is 10.5. The quantitative estimate of drug-likeness (QED) is 0.167. The summed E-state index contributed by atoms with van der Waals surface area (Å²) >= 11 is 0. The maximum absolute atomic E-state index is 6.60. The van der Waals surface area contributed by atoms with Gasteiger partial charge < -0.3 is 4.42 Å². The minimum absolute atomic E-state index is 0.591. The molecule has 11 aromatic rings. The van der Waals surface area contributed by atoms with E-state index >= 15 is 0 Å². The third kappa shape index (κ3) is 5.24. The van der Waals surface area contributed by atoms with Crippen LogP contribution in [0.4, 0.5) is 0 Å². The van der Waals surface area contributed by atoms with Gasteiger partial charge in [-0.25, -0.2) is 19.9 Å². The molecule has 0 atom stereocenters. The van der Waals surface area contributed by atoms with Gasteiger partial charge in [0.05, 0.1) is 11.2 Å². The van der Waals surface area contributed by atoms with Gasteiger partial charge in [-0.3, -0.25) is 0 Å². The van der Waals surface area contributed by atoms with Gasteiger partial charge >= 0.3 is 0 Å². The summed E-state index contributed by atoms with van der Waals surface area (Å²) < 4.78 is 6.60. The van der Waals surface area contributed by atoms with Crippen LogP contribution < -0.4 is 0 Å². The lowest BCUT2D eigenvalue weighted by atomic mass is 9.89. The van der Waals surface area contributed by atoms with E-state index in [0.29, 0.717) is 17.5 Å². The zero-order chi connectivity index (χ0) is 36.3. The van der Waals surface area contributed by atoms with Crippen molar-refractivity contribution >= 4 is 54.4 Å². The molecule has 5 heteroatoms. The molecule has 8 aromatic carbocycles. The average Bonchev–Trinajstić information content (AvgIpc) is 3.64. The van der Waals surface area contributed by atoms with E-state index in [1.165, 1.54) is 5.39 Å². The minimum Gasteiger partial charge on any atom is -0.456 e. The second kappa shape index (κ2) is 12.6. The van der Waals surface area contributed by atoms with Crippen molar-refractivity contribution in [2.45, 2.75) is 0 Å². The van der Waals surface area contributed by atoms with Crippen LogP contribution in [-0.2, 0) is 0 Å². The molecule has 0 N–H and O–H groups in total. The topological polar surface area (TPSA) is 64.7 Å². The maximum atomic E-state index is 6.60. The number of nitrogens with zero attached hydrogens (tertiary/aromatic N) is 4. The van der Waals surface area contributed by atoms with E-state index in [1.807, 2.05) is 42.5 Å². The molecule has 0 aliphatic rings. The van der Waals surface area contributed by atoms with Crippen LogP contribution in [0.15, 0.2) is 186 Å². The Morgan fingerprint density at radius 3 is 1.73 bits per heavy atom. The molecule has 3 heterocycles. The number of pyridine rings is 1. The molecule has 0 fully saturated rings. The zero-order valence-electron chi connectivity index (χ0n) is 29.5. The van der Waals surface area contributed by atoms with Crippen LogP contribution in [0.1, 0.15) is 0 Å². The zero-order valence-corrected chi connectivity index (χ0v) is 29.5. The van der Waals surface area contributed by atoms with E-state index in [0.717, 1.165) is 88.1 Å². The van der Waals surface area contributed by atoms with Crippen LogP contribution in [0.25, 0.3) is 111 Å². The first kappa shape index (κ1) is 31.1. The van der Waals surface area contributed by atoms with Gasteiger partial charge in [-0.15, -0.1) is 0 Å². The largest absolute Gasteiger partial charge is 0.456 e. The number of aromatic nitrogens is 4. The summed E-state index contributed by atoms with van der Waals surface area (Å²) in [5, 5.41) is 7.74.